The molecule has 0 saturated carbocycles. The van der Waals surface area contributed by atoms with Crippen LogP contribution in [0.15, 0.2) is 59.1 Å². The number of anilines is 3. The fourth-order valence-electron chi connectivity index (χ4n) is 3.67. The summed E-state index contributed by atoms with van der Waals surface area (Å²) in [5, 5.41) is 2.68. The number of alkyl halides is 3. The first kappa shape index (κ1) is 25.4. The third-order valence-electron chi connectivity index (χ3n) is 5.27. The van der Waals surface area contributed by atoms with Crippen molar-refractivity contribution in [2.45, 2.75) is 37.3 Å². The molecule has 1 aliphatic heterocycles. The minimum absolute atomic E-state index is 0.0414. The third kappa shape index (κ3) is 6.22. The molecule has 2 aromatic rings. The molecule has 2 N–H and O–H groups in total. The van der Waals surface area contributed by atoms with Crippen molar-refractivity contribution in [3.05, 3.63) is 54.2 Å². The summed E-state index contributed by atoms with van der Waals surface area (Å²) in [4.78, 5) is 13.2. The van der Waals surface area contributed by atoms with E-state index in [1.165, 1.54) is 20.1 Å². The van der Waals surface area contributed by atoms with Gasteiger partial charge in [-0.3, -0.25) is 9.52 Å². The van der Waals surface area contributed by atoms with Gasteiger partial charge in [-0.2, -0.15) is 13.2 Å². The number of ether oxygens (including phenoxy) is 1. The van der Waals surface area contributed by atoms with Gasteiger partial charge in [0.25, 0.3) is 15.8 Å². The molecule has 1 heterocycles. The molecule has 0 atom stereocenters. The van der Waals surface area contributed by atoms with E-state index in [-0.39, 0.29) is 22.0 Å². The maximum Gasteiger partial charge on any atom is 0.454 e. The van der Waals surface area contributed by atoms with Gasteiger partial charge in [0.05, 0.1) is 18.5 Å². The average molecular weight is 498 g/mol. The Bertz CT molecular complexity index is 1170. The Kier molecular flexibility index (Phi) is 7.75. The van der Waals surface area contributed by atoms with E-state index in [2.05, 4.69) is 10.0 Å². The van der Waals surface area contributed by atoms with E-state index >= 15 is 0 Å². The van der Waals surface area contributed by atoms with Crippen molar-refractivity contribution in [3.63, 3.8) is 0 Å². The Morgan fingerprint density at radius 1 is 1.09 bits per heavy atom. The second-order valence-corrected chi connectivity index (χ2v) is 9.50. The Labute approximate surface area is 196 Å². The molecule has 3 rings (SSSR count). The number of ketones is 1. The number of nitrogens with zero attached hydrogens (tertiary/aromatic N) is 1. The van der Waals surface area contributed by atoms with Crippen molar-refractivity contribution < 1.29 is 31.1 Å². The predicted octanol–water partition coefficient (Wildman–Crippen LogP) is 4.93. The number of rotatable bonds is 8. The van der Waals surface area contributed by atoms with Crippen LogP contribution in [0.2, 0.25) is 0 Å². The molecule has 1 saturated heterocycles. The number of benzene rings is 2. The Balaban J connectivity index is 2.00. The maximum atomic E-state index is 13.4. The molecule has 1 aliphatic rings. The lowest BCUT2D eigenvalue weighted by Crippen LogP contribution is -2.31. The molecule has 0 bridgehead atoms. The molecule has 0 aromatic heterocycles. The van der Waals surface area contributed by atoms with Crippen LogP contribution >= 0.6 is 0 Å². The predicted molar refractivity (Wildman–Crippen MR) is 125 cm³/mol. The van der Waals surface area contributed by atoms with Crippen LogP contribution < -0.4 is 19.7 Å². The highest BCUT2D eigenvalue weighted by Gasteiger charge is 2.36. The summed E-state index contributed by atoms with van der Waals surface area (Å²) in [6, 6.07) is 11.1. The minimum atomic E-state index is -4.99. The summed E-state index contributed by atoms with van der Waals surface area (Å²) in [6.07, 6.45) is -1.68. The molecular weight excluding hydrogens is 471 g/mol. The van der Waals surface area contributed by atoms with E-state index in [4.69, 9.17) is 4.74 Å². The second kappa shape index (κ2) is 10.4. The standard InChI is InChI=1S/C23H26F3N3O4S/c1-16(14-22(30)23(24,25)26)27-17-10-11-19(29-12-6-3-7-13-29)21(15-17)34(31,32)28-18-8-4-5-9-20(18)33-2/h4-5,8-11,14-15,27-28H,3,6-7,12-13H2,1-2H3. The normalized spacial score (nSPS) is 15.1. The van der Waals surface area contributed by atoms with Gasteiger partial charge < -0.3 is 15.0 Å². The number of carbonyl (C=O) groups excluding carboxylic acids is 1. The number of nitrogens with one attached hydrogen (secondary N) is 2. The monoisotopic (exact) mass is 497 g/mol. The third-order valence-corrected chi connectivity index (χ3v) is 6.66. The first-order valence-electron chi connectivity index (χ1n) is 10.6. The van der Waals surface area contributed by atoms with Gasteiger partial charge in [0, 0.05) is 30.5 Å². The van der Waals surface area contributed by atoms with Crippen LogP contribution in [0.5, 0.6) is 5.75 Å². The van der Waals surface area contributed by atoms with Gasteiger partial charge in [0.2, 0.25) is 0 Å². The van der Waals surface area contributed by atoms with E-state index in [0.717, 1.165) is 19.3 Å². The average Bonchev–Trinajstić information content (AvgIpc) is 2.79. The number of piperidine rings is 1. The minimum Gasteiger partial charge on any atom is -0.495 e. The number of carbonyl (C=O) groups is 1. The summed E-state index contributed by atoms with van der Waals surface area (Å²) >= 11 is 0. The molecule has 0 amide bonds. The van der Waals surface area contributed by atoms with Gasteiger partial charge in [0.1, 0.15) is 10.6 Å². The Morgan fingerprint density at radius 2 is 1.76 bits per heavy atom. The lowest BCUT2D eigenvalue weighted by atomic mass is 10.1. The van der Waals surface area contributed by atoms with Crippen LogP contribution in [-0.4, -0.2) is 40.6 Å². The summed E-state index contributed by atoms with van der Waals surface area (Å²) in [5.41, 5.74) is 0.888. The summed E-state index contributed by atoms with van der Waals surface area (Å²) in [5.74, 6) is -1.67. The summed E-state index contributed by atoms with van der Waals surface area (Å²) in [7, 11) is -2.68. The topological polar surface area (TPSA) is 87.7 Å². The van der Waals surface area contributed by atoms with Crippen molar-refractivity contribution in [2.75, 3.05) is 35.1 Å². The molecule has 34 heavy (non-hydrogen) atoms. The lowest BCUT2D eigenvalue weighted by Gasteiger charge is -2.30. The zero-order valence-corrected chi connectivity index (χ0v) is 19.6. The largest absolute Gasteiger partial charge is 0.495 e. The van der Waals surface area contributed by atoms with Crippen LogP contribution in [0, 0.1) is 0 Å². The summed E-state index contributed by atoms with van der Waals surface area (Å²) in [6.45, 7) is 2.66. The fourth-order valence-corrected chi connectivity index (χ4v) is 5.00. The number of sulfonamides is 1. The van der Waals surface area contributed by atoms with E-state index in [0.29, 0.717) is 30.6 Å². The molecule has 2 aromatic carbocycles. The highest BCUT2D eigenvalue weighted by atomic mass is 32.2. The quantitative estimate of drug-likeness (QED) is 0.503. The molecule has 7 nitrogen and oxygen atoms in total. The molecule has 0 unspecified atom stereocenters. The van der Waals surface area contributed by atoms with Gasteiger partial charge in [-0.1, -0.05) is 12.1 Å². The van der Waals surface area contributed by atoms with Crippen molar-refractivity contribution in [1.29, 1.82) is 0 Å². The number of allylic oxidation sites excluding steroid dienone is 2. The highest BCUT2D eigenvalue weighted by molar-refractivity contribution is 7.93. The first-order valence-corrected chi connectivity index (χ1v) is 12.1. The molecule has 184 valence electrons. The van der Waals surface area contributed by atoms with Gasteiger partial charge in [-0.05, 0) is 56.5 Å². The van der Waals surface area contributed by atoms with Crippen LogP contribution in [-0.2, 0) is 14.8 Å². The van der Waals surface area contributed by atoms with E-state index < -0.39 is 22.0 Å². The second-order valence-electron chi connectivity index (χ2n) is 7.85. The number of para-hydroxylation sites is 2. The lowest BCUT2D eigenvalue weighted by molar-refractivity contribution is -0.165. The molecule has 0 spiro atoms. The molecule has 0 radical (unpaired) electrons. The van der Waals surface area contributed by atoms with Gasteiger partial charge in [-0.25, -0.2) is 8.42 Å². The van der Waals surface area contributed by atoms with Crippen molar-refractivity contribution in [2.24, 2.45) is 0 Å². The number of hydrogen-bond donors (Lipinski definition) is 2. The van der Waals surface area contributed by atoms with Crippen molar-refractivity contribution in [1.82, 2.24) is 0 Å². The first-order chi connectivity index (χ1) is 16.0. The van der Waals surface area contributed by atoms with Gasteiger partial charge in [-0.15, -0.1) is 0 Å². The zero-order valence-electron chi connectivity index (χ0n) is 18.8. The fraction of sp³-hybridized carbons (Fsp3) is 0.348. The van der Waals surface area contributed by atoms with Crippen LogP contribution in [0.1, 0.15) is 26.2 Å². The van der Waals surface area contributed by atoms with Crippen LogP contribution in [0.4, 0.5) is 30.2 Å². The number of hydrogen-bond acceptors (Lipinski definition) is 6. The number of halogens is 3. The molecule has 0 aliphatic carbocycles. The van der Waals surface area contributed by atoms with Gasteiger partial charge >= 0.3 is 6.18 Å². The van der Waals surface area contributed by atoms with Crippen molar-refractivity contribution >= 4 is 32.9 Å². The van der Waals surface area contributed by atoms with E-state index in [1.54, 1.807) is 36.4 Å². The zero-order chi connectivity index (χ0) is 24.9. The van der Waals surface area contributed by atoms with Crippen molar-refractivity contribution in [3.8, 4) is 5.75 Å². The molecular formula is C23H26F3N3O4S. The van der Waals surface area contributed by atoms with E-state index in [9.17, 15) is 26.4 Å². The van der Waals surface area contributed by atoms with E-state index in [1.807, 2.05) is 4.90 Å². The molecule has 11 heteroatoms. The number of methoxy groups -OCH3 is 1. The SMILES string of the molecule is COc1ccccc1NS(=O)(=O)c1cc(NC(C)=CC(=O)C(F)(F)F)ccc1N1CCCCC1. The Morgan fingerprint density at radius 3 is 2.41 bits per heavy atom. The van der Waals surface area contributed by atoms with Gasteiger partial charge in [0.15, 0.2) is 0 Å². The summed E-state index contributed by atoms with van der Waals surface area (Å²) < 4.78 is 72.4. The van der Waals surface area contributed by atoms with Crippen LogP contribution in [0.3, 0.4) is 0 Å². The smallest absolute Gasteiger partial charge is 0.454 e. The van der Waals surface area contributed by atoms with Crippen LogP contribution in [0.25, 0.3) is 0 Å². The Hall–Kier alpha value is -3.21. The molecule has 1 fully saturated rings. The maximum absolute atomic E-state index is 13.4. The highest BCUT2D eigenvalue weighted by Crippen LogP contribution is 2.34.